The summed E-state index contributed by atoms with van der Waals surface area (Å²) in [6.45, 7) is 8.34. The molecule has 2 aromatic rings. The zero-order valence-electron chi connectivity index (χ0n) is 15.5. The van der Waals surface area contributed by atoms with E-state index in [9.17, 15) is 4.79 Å². The van der Waals surface area contributed by atoms with E-state index in [1.807, 2.05) is 4.90 Å². The van der Waals surface area contributed by atoms with Crippen molar-refractivity contribution in [2.24, 2.45) is 0 Å². The molecule has 0 spiro atoms. The molecule has 0 radical (unpaired) electrons. The number of thiophene rings is 1. The summed E-state index contributed by atoms with van der Waals surface area (Å²) in [5.74, 6) is 1.07. The van der Waals surface area contributed by atoms with Crippen molar-refractivity contribution in [2.75, 3.05) is 51.2 Å². The predicted octanol–water partition coefficient (Wildman–Crippen LogP) is 1.92. The van der Waals surface area contributed by atoms with E-state index in [4.69, 9.17) is 0 Å². The smallest absolute Gasteiger partial charge is 0.317 e. The number of rotatable bonds is 3. The molecule has 140 valence electrons. The van der Waals surface area contributed by atoms with Gasteiger partial charge in [-0.25, -0.2) is 14.8 Å². The van der Waals surface area contributed by atoms with Crippen molar-refractivity contribution in [3.8, 4) is 0 Å². The van der Waals surface area contributed by atoms with Crippen LogP contribution in [0, 0.1) is 0 Å². The third kappa shape index (κ3) is 3.23. The number of urea groups is 1. The fourth-order valence-electron chi connectivity index (χ4n) is 3.69. The van der Waals surface area contributed by atoms with Crippen LogP contribution in [0.25, 0.3) is 10.2 Å². The Morgan fingerprint density at radius 1 is 1.23 bits per heavy atom. The zero-order valence-corrected chi connectivity index (χ0v) is 16.3. The molecule has 1 saturated heterocycles. The average molecular weight is 375 g/mol. The van der Waals surface area contributed by atoms with Gasteiger partial charge in [0, 0.05) is 44.1 Å². The molecule has 1 fully saturated rings. The third-order valence-electron chi connectivity index (χ3n) is 5.23. The lowest BCUT2D eigenvalue weighted by Crippen LogP contribution is -2.45. The Kier molecular flexibility index (Phi) is 4.95. The number of aromatic nitrogens is 2. The van der Waals surface area contributed by atoms with Crippen LogP contribution in [0.1, 0.15) is 23.8 Å². The molecule has 2 aromatic heterocycles. The molecule has 0 aliphatic carbocycles. The Labute approximate surface area is 158 Å². The number of anilines is 1. The van der Waals surface area contributed by atoms with Gasteiger partial charge in [0.15, 0.2) is 0 Å². The number of hydrogen-bond donors (Lipinski definition) is 1. The van der Waals surface area contributed by atoms with Gasteiger partial charge in [-0.15, -0.1) is 11.3 Å². The molecule has 7 nitrogen and oxygen atoms in total. The second kappa shape index (κ2) is 7.36. The van der Waals surface area contributed by atoms with Crippen LogP contribution in [0.2, 0.25) is 0 Å². The highest BCUT2D eigenvalue weighted by molar-refractivity contribution is 7.19. The van der Waals surface area contributed by atoms with Gasteiger partial charge in [-0.3, -0.25) is 0 Å². The first-order chi connectivity index (χ1) is 12.7. The van der Waals surface area contributed by atoms with Gasteiger partial charge in [-0.1, -0.05) is 6.92 Å². The first-order valence-electron chi connectivity index (χ1n) is 9.39. The van der Waals surface area contributed by atoms with E-state index in [0.29, 0.717) is 6.54 Å². The molecule has 4 rings (SSSR count). The van der Waals surface area contributed by atoms with E-state index in [0.717, 1.165) is 62.8 Å². The van der Waals surface area contributed by atoms with E-state index in [1.165, 1.54) is 15.8 Å². The van der Waals surface area contributed by atoms with E-state index >= 15 is 0 Å². The number of likely N-dealkylation sites (N-methyl/N-ethyl adjacent to an activating group) is 1. The Hall–Kier alpha value is -1.93. The van der Waals surface area contributed by atoms with Crippen LogP contribution >= 0.6 is 11.3 Å². The number of hydrogen-bond acceptors (Lipinski definition) is 6. The molecular weight excluding hydrogens is 348 g/mol. The van der Waals surface area contributed by atoms with E-state index in [-0.39, 0.29) is 6.03 Å². The minimum absolute atomic E-state index is 0.0420. The second-order valence-corrected chi connectivity index (χ2v) is 8.16. The molecule has 4 heterocycles. The highest BCUT2D eigenvalue weighted by atomic mass is 32.1. The largest absolute Gasteiger partial charge is 0.353 e. The summed E-state index contributed by atoms with van der Waals surface area (Å²) in [7, 11) is 2.16. The maximum atomic E-state index is 12.3. The lowest BCUT2D eigenvalue weighted by molar-refractivity contribution is 0.193. The summed E-state index contributed by atoms with van der Waals surface area (Å²) in [6, 6.07) is 0.0420. The molecule has 2 aliphatic rings. The summed E-state index contributed by atoms with van der Waals surface area (Å²) >= 11 is 1.71. The highest BCUT2D eigenvalue weighted by Crippen LogP contribution is 2.38. The SMILES string of the molecule is CCCNC(=O)N1CCc2c(sc3ncnc(N4CCN(C)CC4)c23)C1. The zero-order chi connectivity index (χ0) is 18.1. The Morgan fingerprint density at radius 3 is 2.81 bits per heavy atom. The second-order valence-electron chi connectivity index (χ2n) is 7.08. The van der Waals surface area contributed by atoms with Gasteiger partial charge in [-0.2, -0.15) is 0 Å². The van der Waals surface area contributed by atoms with Crippen LogP contribution in [0.3, 0.4) is 0 Å². The maximum absolute atomic E-state index is 12.3. The minimum Gasteiger partial charge on any atom is -0.353 e. The first kappa shape index (κ1) is 17.5. The highest BCUT2D eigenvalue weighted by Gasteiger charge is 2.28. The van der Waals surface area contributed by atoms with Gasteiger partial charge >= 0.3 is 6.03 Å². The standard InChI is InChI=1S/C18H26N6OS/c1-3-5-19-18(25)24-6-4-13-14(11-24)26-17-15(13)16(20-12-21-17)23-9-7-22(2)8-10-23/h12H,3-11H2,1-2H3,(H,19,25). The van der Waals surface area contributed by atoms with Gasteiger partial charge < -0.3 is 20.0 Å². The maximum Gasteiger partial charge on any atom is 0.317 e. The molecular formula is C18H26N6OS. The van der Waals surface area contributed by atoms with Crippen molar-refractivity contribution in [1.29, 1.82) is 0 Å². The molecule has 0 bridgehead atoms. The summed E-state index contributed by atoms with van der Waals surface area (Å²) in [6.07, 6.45) is 3.52. The van der Waals surface area contributed by atoms with Crippen LogP contribution < -0.4 is 10.2 Å². The molecule has 8 heteroatoms. The van der Waals surface area contributed by atoms with Crippen LogP contribution in [0.4, 0.5) is 10.6 Å². The first-order valence-corrected chi connectivity index (χ1v) is 10.2. The summed E-state index contributed by atoms with van der Waals surface area (Å²) in [4.78, 5) is 30.4. The number of nitrogens with one attached hydrogen (secondary N) is 1. The lowest BCUT2D eigenvalue weighted by Gasteiger charge is -2.34. The summed E-state index contributed by atoms with van der Waals surface area (Å²) in [5, 5.41) is 4.20. The molecule has 0 atom stereocenters. The Balaban J connectivity index is 1.61. The van der Waals surface area contributed by atoms with Gasteiger partial charge in [0.05, 0.1) is 11.9 Å². The van der Waals surface area contributed by atoms with E-state index in [2.05, 4.69) is 39.1 Å². The van der Waals surface area contributed by atoms with E-state index in [1.54, 1.807) is 17.7 Å². The Bertz CT molecular complexity index is 798. The molecule has 0 aromatic carbocycles. The Morgan fingerprint density at radius 2 is 2.04 bits per heavy atom. The van der Waals surface area contributed by atoms with Crippen molar-refractivity contribution >= 4 is 33.4 Å². The lowest BCUT2D eigenvalue weighted by atomic mass is 10.0. The van der Waals surface area contributed by atoms with Crippen molar-refractivity contribution < 1.29 is 4.79 Å². The monoisotopic (exact) mass is 374 g/mol. The summed E-state index contributed by atoms with van der Waals surface area (Å²) < 4.78 is 0. The van der Waals surface area contributed by atoms with E-state index < -0.39 is 0 Å². The molecule has 2 aliphatic heterocycles. The quantitative estimate of drug-likeness (QED) is 0.889. The molecule has 2 amide bonds. The number of amides is 2. The van der Waals surface area contributed by atoms with Crippen LogP contribution in [0.5, 0.6) is 0 Å². The average Bonchev–Trinajstić information content (AvgIpc) is 3.04. The van der Waals surface area contributed by atoms with Gasteiger partial charge in [0.25, 0.3) is 0 Å². The van der Waals surface area contributed by atoms with Crippen molar-refractivity contribution in [1.82, 2.24) is 25.1 Å². The predicted molar refractivity (Wildman–Crippen MR) is 105 cm³/mol. The van der Waals surface area contributed by atoms with Crippen LogP contribution in [0.15, 0.2) is 6.33 Å². The molecule has 0 unspecified atom stereocenters. The van der Waals surface area contributed by atoms with Crippen molar-refractivity contribution in [3.05, 3.63) is 16.8 Å². The number of carbonyl (C=O) groups is 1. The molecule has 0 saturated carbocycles. The van der Waals surface area contributed by atoms with Gasteiger partial charge in [0.1, 0.15) is 17.0 Å². The number of nitrogens with zero attached hydrogens (tertiary/aromatic N) is 5. The number of fused-ring (bicyclic) bond motifs is 3. The van der Waals surface area contributed by atoms with Crippen LogP contribution in [-0.4, -0.2) is 72.1 Å². The van der Waals surface area contributed by atoms with Gasteiger partial charge in [0.2, 0.25) is 0 Å². The fraction of sp³-hybridized carbons (Fsp3) is 0.611. The molecule has 1 N–H and O–H groups in total. The van der Waals surface area contributed by atoms with Crippen molar-refractivity contribution in [3.63, 3.8) is 0 Å². The normalized spacial score (nSPS) is 18.2. The fourth-order valence-corrected chi connectivity index (χ4v) is 4.88. The minimum atomic E-state index is 0.0420. The number of piperazine rings is 1. The van der Waals surface area contributed by atoms with Crippen LogP contribution in [-0.2, 0) is 13.0 Å². The number of carbonyl (C=O) groups excluding carboxylic acids is 1. The third-order valence-corrected chi connectivity index (χ3v) is 6.36. The molecule has 26 heavy (non-hydrogen) atoms. The van der Waals surface area contributed by atoms with Crippen molar-refractivity contribution in [2.45, 2.75) is 26.3 Å². The topological polar surface area (TPSA) is 64.6 Å². The van der Waals surface area contributed by atoms with Gasteiger partial charge in [-0.05, 0) is 25.5 Å². The summed E-state index contributed by atoms with van der Waals surface area (Å²) in [5.41, 5.74) is 1.35.